The highest BCUT2D eigenvalue weighted by atomic mass is 35.5. The number of aromatic hydroxyl groups is 2. The van der Waals surface area contributed by atoms with Gasteiger partial charge in [0.25, 0.3) is 5.91 Å². The van der Waals surface area contributed by atoms with Crippen LogP contribution in [0, 0.1) is 0 Å². The number of rotatable bonds is 3. The summed E-state index contributed by atoms with van der Waals surface area (Å²) in [5.74, 6) is -1.48. The number of phenolic OH excluding ortho intramolecular Hbond substituents is 2. The number of nitrogens with zero attached hydrogens (tertiary/aromatic N) is 1. The van der Waals surface area contributed by atoms with Gasteiger partial charge in [0, 0.05) is 31.8 Å². The largest absolute Gasteiger partial charge is 0.507 e. The summed E-state index contributed by atoms with van der Waals surface area (Å²) in [6, 6.07) is 1.00. The Morgan fingerprint density at radius 2 is 1.86 bits per heavy atom. The second-order valence-electron chi connectivity index (χ2n) is 5.28. The third-order valence-electron chi connectivity index (χ3n) is 3.81. The van der Waals surface area contributed by atoms with Crippen LogP contribution in [0.25, 0.3) is 0 Å². The molecule has 7 heteroatoms. The minimum atomic E-state index is -0.555. The smallest absolute Gasteiger partial charge is 0.255 e. The molecule has 0 unspecified atom stereocenters. The topological polar surface area (TPSA) is 89.9 Å². The van der Waals surface area contributed by atoms with Crippen LogP contribution in [-0.4, -0.2) is 47.1 Å². The van der Waals surface area contributed by atoms with Crippen LogP contribution in [0.5, 0.6) is 11.5 Å². The number of likely N-dealkylation sites (tertiary alicyclic amines) is 1. The molecule has 0 aliphatic carbocycles. The molecule has 0 radical (unpaired) electrons. The van der Waals surface area contributed by atoms with Gasteiger partial charge in [-0.1, -0.05) is 11.6 Å². The SMILES string of the molecule is CNC(=O)c1c(O)cc(O)c(Cl)c1CC(=O)N1CCCCC1. The van der Waals surface area contributed by atoms with Crippen molar-refractivity contribution in [3.05, 3.63) is 22.2 Å². The lowest BCUT2D eigenvalue weighted by Gasteiger charge is -2.27. The number of halogens is 1. The maximum atomic E-state index is 12.4. The third-order valence-corrected chi connectivity index (χ3v) is 4.23. The third kappa shape index (κ3) is 3.27. The molecule has 1 aromatic rings. The number of carbonyl (C=O) groups excluding carboxylic acids is 2. The molecule has 1 aliphatic rings. The molecule has 1 fully saturated rings. The fraction of sp³-hybridized carbons (Fsp3) is 0.467. The van der Waals surface area contributed by atoms with Crippen LogP contribution >= 0.6 is 11.6 Å². The van der Waals surface area contributed by atoms with Crippen LogP contribution in [0.3, 0.4) is 0 Å². The second kappa shape index (κ2) is 6.87. The van der Waals surface area contributed by atoms with Gasteiger partial charge in [0.05, 0.1) is 17.0 Å². The Morgan fingerprint density at radius 3 is 2.45 bits per heavy atom. The minimum absolute atomic E-state index is 0.0735. The van der Waals surface area contributed by atoms with Crippen molar-refractivity contribution in [1.82, 2.24) is 10.2 Å². The van der Waals surface area contributed by atoms with E-state index in [4.69, 9.17) is 11.6 Å². The number of phenols is 2. The standard InChI is InChI=1S/C15H19ClN2O4/c1-17-15(22)13-9(14(16)11(20)8-10(13)19)7-12(21)18-5-3-2-4-6-18/h8,19-20H,2-7H2,1H3,(H,17,22). The van der Waals surface area contributed by atoms with Gasteiger partial charge >= 0.3 is 0 Å². The quantitative estimate of drug-likeness (QED) is 0.788. The van der Waals surface area contributed by atoms with Crippen molar-refractivity contribution in [2.75, 3.05) is 20.1 Å². The Balaban J connectivity index is 2.35. The summed E-state index contributed by atoms with van der Waals surface area (Å²) in [7, 11) is 1.42. The summed E-state index contributed by atoms with van der Waals surface area (Å²) in [6.45, 7) is 1.35. The average Bonchev–Trinajstić information content (AvgIpc) is 2.52. The highest BCUT2D eigenvalue weighted by molar-refractivity contribution is 6.33. The van der Waals surface area contributed by atoms with Crippen LogP contribution in [0.4, 0.5) is 0 Å². The highest BCUT2D eigenvalue weighted by Gasteiger charge is 2.25. The number of hydrogen-bond acceptors (Lipinski definition) is 4. The monoisotopic (exact) mass is 326 g/mol. The minimum Gasteiger partial charge on any atom is -0.507 e. The van der Waals surface area contributed by atoms with Crippen molar-refractivity contribution in [1.29, 1.82) is 0 Å². The zero-order chi connectivity index (χ0) is 16.3. The van der Waals surface area contributed by atoms with Gasteiger partial charge in [0.1, 0.15) is 11.5 Å². The van der Waals surface area contributed by atoms with Crippen molar-refractivity contribution in [2.24, 2.45) is 0 Å². The maximum absolute atomic E-state index is 12.4. The summed E-state index contributed by atoms with van der Waals surface area (Å²) < 4.78 is 0. The molecule has 2 rings (SSSR count). The maximum Gasteiger partial charge on any atom is 0.255 e. The van der Waals surface area contributed by atoms with E-state index in [0.29, 0.717) is 13.1 Å². The lowest BCUT2D eigenvalue weighted by Crippen LogP contribution is -2.37. The van der Waals surface area contributed by atoms with Gasteiger partial charge in [0.2, 0.25) is 5.91 Å². The molecule has 1 aromatic carbocycles. The van der Waals surface area contributed by atoms with Crippen molar-refractivity contribution >= 4 is 23.4 Å². The fourth-order valence-electron chi connectivity index (χ4n) is 2.63. The van der Waals surface area contributed by atoms with Crippen LogP contribution in [-0.2, 0) is 11.2 Å². The van der Waals surface area contributed by atoms with E-state index in [1.54, 1.807) is 4.90 Å². The van der Waals surface area contributed by atoms with E-state index in [1.807, 2.05) is 0 Å². The Morgan fingerprint density at radius 1 is 1.23 bits per heavy atom. The molecule has 2 amide bonds. The van der Waals surface area contributed by atoms with Crippen molar-refractivity contribution in [2.45, 2.75) is 25.7 Å². The molecule has 1 saturated heterocycles. The predicted octanol–water partition coefficient (Wildman–Crippen LogP) is 1.67. The van der Waals surface area contributed by atoms with E-state index in [2.05, 4.69) is 5.32 Å². The number of piperidine rings is 1. The zero-order valence-electron chi connectivity index (χ0n) is 12.4. The first-order chi connectivity index (χ1) is 10.5. The zero-order valence-corrected chi connectivity index (χ0v) is 13.1. The molecule has 3 N–H and O–H groups in total. The van der Waals surface area contributed by atoms with Crippen molar-refractivity contribution in [3.63, 3.8) is 0 Å². The first-order valence-electron chi connectivity index (χ1n) is 7.18. The summed E-state index contributed by atoms with van der Waals surface area (Å²) in [6.07, 6.45) is 2.87. The molecule has 0 saturated carbocycles. The van der Waals surface area contributed by atoms with E-state index >= 15 is 0 Å². The summed E-state index contributed by atoms with van der Waals surface area (Å²) in [5, 5.41) is 22.0. The highest BCUT2D eigenvalue weighted by Crippen LogP contribution is 2.36. The van der Waals surface area contributed by atoms with Crippen LogP contribution in [0.1, 0.15) is 35.2 Å². The average molecular weight is 327 g/mol. The number of nitrogens with one attached hydrogen (secondary N) is 1. The molecule has 0 aromatic heterocycles. The summed E-state index contributed by atoms with van der Waals surface area (Å²) in [4.78, 5) is 26.0. The van der Waals surface area contributed by atoms with Crippen molar-refractivity contribution < 1.29 is 19.8 Å². The lowest BCUT2D eigenvalue weighted by molar-refractivity contribution is -0.131. The van der Waals surface area contributed by atoms with Gasteiger partial charge in [-0.3, -0.25) is 9.59 Å². The van der Waals surface area contributed by atoms with Crippen LogP contribution in [0.2, 0.25) is 5.02 Å². The van der Waals surface area contributed by atoms with Gasteiger partial charge < -0.3 is 20.4 Å². The normalized spacial score (nSPS) is 14.7. The molecule has 1 heterocycles. The van der Waals surface area contributed by atoms with Gasteiger partial charge in [-0.05, 0) is 19.3 Å². The Hall–Kier alpha value is -1.95. The van der Waals surface area contributed by atoms with Gasteiger partial charge in [-0.15, -0.1) is 0 Å². The Bertz CT molecular complexity index is 598. The van der Waals surface area contributed by atoms with Gasteiger partial charge in [0.15, 0.2) is 0 Å². The Kier molecular flexibility index (Phi) is 5.13. The van der Waals surface area contributed by atoms with Gasteiger partial charge in [-0.2, -0.15) is 0 Å². The molecule has 6 nitrogen and oxygen atoms in total. The molecule has 0 bridgehead atoms. The molecule has 1 aliphatic heterocycles. The number of benzene rings is 1. The molecule has 22 heavy (non-hydrogen) atoms. The van der Waals surface area contributed by atoms with E-state index in [-0.39, 0.29) is 34.2 Å². The molecule has 0 spiro atoms. The number of carbonyl (C=O) groups is 2. The predicted molar refractivity (Wildman–Crippen MR) is 82.3 cm³/mol. The Labute approximate surface area is 133 Å². The first-order valence-corrected chi connectivity index (χ1v) is 7.56. The van der Waals surface area contributed by atoms with E-state index in [9.17, 15) is 19.8 Å². The van der Waals surface area contributed by atoms with Crippen molar-refractivity contribution in [3.8, 4) is 11.5 Å². The molecular formula is C15H19ClN2O4. The van der Waals surface area contributed by atoms with E-state index in [0.717, 1.165) is 25.3 Å². The second-order valence-corrected chi connectivity index (χ2v) is 5.66. The van der Waals surface area contributed by atoms with E-state index in [1.165, 1.54) is 7.05 Å². The first kappa shape index (κ1) is 16.4. The lowest BCUT2D eigenvalue weighted by atomic mass is 10.0. The van der Waals surface area contributed by atoms with Crippen LogP contribution < -0.4 is 5.32 Å². The molecule has 120 valence electrons. The van der Waals surface area contributed by atoms with E-state index < -0.39 is 11.7 Å². The van der Waals surface area contributed by atoms with Gasteiger partial charge in [-0.25, -0.2) is 0 Å². The number of amides is 2. The summed E-state index contributed by atoms with van der Waals surface area (Å²) in [5.41, 5.74) is 0.0738. The number of hydrogen-bond donors (Lipinski definition) is 3. The molecule has 0 atom stereocenters. The van der Waals surface area contributed by atoms with Crippen LogP contribution in [0.15, 0.2) is 6.07 Å². The summed E-state index contributed by atoms with van der Waals surface area (Å²) >= 11 is 6.04. The fourth-order valence-corrected chi connectivity index (χ4v) is 2.85. The molecular weight excluding hydrogens is 308 g/mol.